The first kappa shape index (κ1) is 20.4. The number of alkyl halides is 1. The first-order chi connectivity index (χ1) is 13.0. The quantitative estimate of drug-likeness (QED) is 0.342. The summed E-state index contributed by atoms with van der Waals surface area (Å²) in [5.41, 5.74) is 1.90. The van der Waals surface area contributed by atoms with Gasteiger partial charge in [0.1, 0.15) is 10.7 Å². The molecule has 8 nitrogen and oxygen atoms in total. The minimum Gasteiger partial charge on any atom is -0.393 e. The van der Waals surface area contributed by atoms with Gasteiger partial charge in [-0.3, -0.25) is 9.05 Å². The molecule has 3 aromatic heterocycles. The molecule has 3 rings (SSSR count). The van der Waals surface area contributed by atoms with Gasteiger partial charge in [-0.15, -0.1) is 11.6 Å². The van der Waals surface area contributed by atoms with E-state index in [0.717, 1.165) is 28.4 Å². The number of aromatic nitrogens is 4. The second-order valence-electron chi connectivity index (χ2n) is 5.55. The predicted molar refractivity (Wildman–Crippen MR) is 106 cm³/mol. The Morgan fingerprint density at radius 3 is 2.63 bits per heavy atom. The van der Waals surface area contributed by atoms with Crippen molar-refractivity contribution in [2.45, 2.75) is 39.7 Å². The van der Waals surface area contributed by atoms with Gasteiger partial charge in [-0.2, -0.15) is 0 Å². The Balaban J connectivity index is 1.94. The number of thiophene rings is 1. The Morgan fingerprint density at radius 2 is 2.00 bits per heavy atom. The molecular formula is C16H22ClN4O4PS. The minimum atomic E-state index is -3.64. The number of phosphoric ester groups is 1. The number of halogens is 1. The summed E-state index contributed by atoms with van der Waals surface area (Å²) in [5.74, 6) is 1.04. The first-order valence-electron chi connectivity index (χ1n) is 8.66. The van der Waals surface area contributed by atoms with E-state index in [-0.39, 0.29) is 19.1 Å². The fourth-order valence-corrected chi connectivity index (χ4v) is 5.21. The van der Waals surface area contributed by atoms with Gasteiger partial charge >= 0.3 is 7.82 Å². The molecule has 0 saturated carbocycles. The van der Waals surface area contributed by atoms with E-state index in [0.29, 0.717) is 11.6 Å². The summed E-state index contributed by atoms with van der Waals surface area (Å²) in [7, 11) is -3.64. The average Bonchev–Trinajstić information content (AvgIpc) is 3.30. The van der Waals surface area contributed by atoms with Gasteiger partial charge in [-0.1, -0.05) is 11.3 Å². The molecule has 0 aliphatic rings. The van der Waals surface area contributed by atoms with E-state index in [1.807, 2.05) is 10.8 Å². The number of hydrogen-bond donors (Lipinski definition) is 0. The Kier molecular flexibility index (Phi) is 6.60. The van der Waals surface area contributed by atoms with E-state index in [4.69, 9.17) is 25.2 Å². The fourth-order valence-electron chi connectivity index (χ4n) is 2.71. The summed E-state index contributed by atoms with van der Waals surface area (Å²) in [6.45, 7) is 7.39. The Hall–Kier alpha value is -1.38. The van der Waals surface area contributed by atoms with E-state index < -0.39 is 7.82 Å². The third kappa shape index (κ3) is 4.38. The van der Waals surface area contributed by atoms with Crippen LogP contribution in [0.3, 0.4) is 0 Å². The van der Waals surface area contributed by atoms with Crippen molar-refractivity contribution in [2.75, 3.05) is 13.2 Å². The third-order valence-corrected chi connectivity index (χ3v) is 6.69. The summed E-state index contributed by atoms with van der Waals surface area (Å²) in [5, 5.41) is 0.427. The van der Waals surface area contributed by atoms with Gasteiger partial charge < -0.3 is 13.7 Å². The van der Waals surface area contributed by atoms with Gasteiger partial charge in [-0.05, 0) is 20.8 Å². The maximum atomic E-state index is 12.6. The third-order valence-electron chi connectivity index (χ3n) is 3.86. The Morgan fingerprint density at radius 1 is 1.26 bits per heavy atom. The molecule has 0 unspecified atom stereocenters. The van der Waals surface area contributed by atoms with E-state index in [2.05, 4.69) is 21.5 Å². The number of phosphoric acid groups is 1. The Bertz CT molecular complexity index is 944. The SMILES string of the molecule is CCOP(=O)(OCC)Oc1cc2c(nc(CCl)n2Cc2cncn2CC)s1. The molecule has 0 aromatic carbocycles. The Labute approximate surface area is 166 Å². The predicted octanol–water partition coefficient (Wildman–Crippen LogP) is 4.66. The smallest absolute Gasteiger partial charge is 0.393 e. The van der Waals surface area contributed by atoms with Crippen molar-refractivity contribution < 1.29 is 18.1 Å². The zero-order valence-corrected chi connectivity index (χ0v) is 17.9. The van der Waals surface area contributed by atoms with Crippen LogP contribution in [0.1, 0.15) is 32.3 Å². The van der Waals surface area contributed by atoms with Crippen molar-refractivity contribution in [2.24, 2.45) is 0 Å². The molecule has 0 amide bonds. The van der Waals surface area contributed by atoms with Gasteiger partial charge in [0, 0.05) is 18.8 Å². The molecule has 148 valence electrons. The van der Waals surface area contributed by atoms with E-state index in [1.165, 1.54) is 11.3 Å². The van der Waals surface area contributed by atoms with Crippen LogP contribution in [0.15, 0.2) is 18.6 Å². The molecule has 27 heavy (non-hydrogen) atoms. The lowest BCUT2D eigenvalue weighted by Crippen LogP contribution is -2.08. The van der Waals surface area contributed by atoms with Crippen molar-refractivity contribution in [3.05, 3.63) is 30.1 Å². The van der Waals surface area contributed by atoms with Gasteiger partial charge in [0.2, 0.25) is 0 Å². The zero-order valence-electron chi connectivity index (χ0n) is 15.4. The zero-order chi connectivity index (χ0) is 19.4. The lowest BCUT2D eigenvalue weighted by molar-refractivity contribution is 0.169. The number of fused-ring (bicyclic) bond motifs is 1. The summed E-state index contributed by atoms with van der Waals surface area (Å²) in [6.07, 6.45) is 3.63. The van der Waals surface area contributed by atoms with Crippen molar-refractivity contribution in [3.63, 3.8) is 0 Å². The average molecular weight is 433 g/mol. The summed E-state index contributed by atoms with van der Waals surface area (Å²) in [6, 6.07) is 1.79. The van der Waals surface area contributed by atoms with Crippen molar-refractivity contribution in [3.8, 4) is 5.06 Å². The summed E-state index contributed by atoms with van der Waals surface area (Å²) < 4.78 is 32.6. The molecule has 3 aromatic rings. The summed E-state index contributed by atoms with van der Waals surface area (Å²) >= 11 is 7.37. The molecule has 0 saturated heterocycles. The normalized spacial score (nSPS) is 12.1. The first-order valence-corrected chi connectivity index (χ1v) is 11.5. The van der Waals surface area contributed by atoms with Crippen LogP contribution in [0.5, 0.6) is 5.06 Å². The van der Waals surface area contributed by atoms with Crippen LogP contribution in [-0.2, 0) is 32.6 Å². The molecule has 0 N–H and O–H groups in total. The lowest BCUT2D eigenvalue weighted by Gasteiger charge is -2.15. The highest BCUT2D eigenvalue weighted by Crippen LogP contribution is 2.51. The lowest BCUT2D eigenvalue weighted by atomic mass is 10.4. The fraction of sp³-hybridized carbons (Fsp3) is 0.500. The second-order valence-corrected chi connectivity index (χ2v) is 8.40. The summed E-state index contributed by atoms with van der Waals surface area (Å²) in [4.78, 5) is 9.54. The van der Waals surface area contributed by atoms with Crippen LogP contribution in [0.2, 0.25) is 0 Å². The van der Waals surface area contributed by atoms with Crippen LogP contribution in [-0.4, -0.2) is 32.3 Å². The number of rotatable bonds is 10. The molecule has 0 bridgehead atoms. The number of hydrogen-bond acceptors (Lipinski definition) is 7. The van der Waals surface area contributed by atoms with Crippen molar-refractivity contribution >= 4 is 41.1 Å². The highest BCUT2D eigenvalue weighted by molar-refractivity contribution is 7.49. The molecule has 0 aliphatic heterocycles. The molecular weight excluding hydrogens is 411 g/mol. The van der Waals surface area contributed by atoms with Crippen LogP contribution < -0.4 is 4.52 Å². The highest BCUT2D eigenvalue weighted by Gasteiger charge is 2.29. The molecule has 0 radical (unpaired) electrons. The van der Waals surface area contributed by atoms with Crippen LogP contribution >= 0.6 is 30.8 Å². The van der Waals surface area contributed by atoms with Gasteiger partial charge in [0.05, 0.1) is 43.2 Å². The van der Waals surface area contributed by atoms with Crippen molar-refractivity contribution in [1.29, 1.82) is 0 Å². The van der Waals surface area contributed by atoms with E-state index >= 15 is 0 Å². The minimum absolute atomic E-state index is 0.226. The van der Waals surface area contributed by atoms with Crippen LogP contribution in [0, 0.1) is 0 Å². The monoisotopic (exact) mass is 432 g/mol. The second kappa shape index (κ2) is 8.75. The van der Waals surface area contributed by atoms with Crippen molar-refractivity contribution in [1.82, 2.24) is 19.1 Å². The highest BCUT2D eigenvalue weighted by atomic mass is 35.5. The van der Waals surface area contributed by atoms with Gasteiger partial charge in [0.15, 0.2) is 5.06 Å². The van der Waals surface area contributed by atoms with Crippen LogP contribution in [0.25, 0.3) is 10.3 Å². The van der Waals surface area contributed by atoms with E-state index in [1.54, 1.807) is 26.2 Å². The largest absolute Gasteiger partial charge is 0.530 e. The number of nitrogens with zero attached hydrogens (tertiary/aromatic N) is 4. The van der Waals surface area contributed by atoms with Gasteiger partial charge in [-0.25, -0.2) is 14.5 Å². The standard InChI is InChI=1S/C16H22ClN4O4PS/c1-4-20-11-18-9-12(20)10-21-13-7-15(27-16(13)19-14(21)8-17)25-26(22,23-5-2)24-6-3/h7,9,11H,4-6,8,10H2,1-3H3. The molecule has 0 atom stereocenters. The maximum absolute atomic E-state index is 12.6. The van der Waals surface area contributed by atoms with E-state index in [9.17, 15) is 4.57 Å². The number of aryl methyl sites for hydroxylation is 1. The molecule has 0 spiro atoms. The molecule has 0 aliphatic carbocycles. The van der Waals surface area contributed by atoms with Gasteiger partial charge in [0.25, 0.3) is 0 Å². The van der Waals surface area contributed by atoms with Crippen LogP contribution in [0.4, 0.5) is 0 Å². The molecule has 3 heterocycles. The molecule has 11 heteroatoms. The topological polar surface area (TPSA) is 80.4 Å². The maximum Gasteiger partial charge on any atom is 0.530 e. The number of imidazole rings is 2. The molecule has 0 fully saturated rings.